The molecule has 0 bridgehead atoms. The Morgan fingerprint density at radius 3 is 2.38 bits per heavy atom. The lowest BCUT2D eigenvalue weighted by Crippen LogP contribution is -2.19. The summed E-state index contributed by atoms with van der Waals surface area (Å²) in [6.07, 6.45) is -7.47. The van der Waals surface area contributed by atoms with Crippen molar-refractivity contribution in [1.29, 1.82) is 0 Å². The van der Waals surface area contributed by atoms with Crippen LogP contribution >= 0.6 is 0 Å². The zero-order valence-electron chi connectivity index (χ0n) is 11.8. The first-order chi connectivity index (χ1) is 9.70. The van der Waals surface area contributed by atoms with Crippen molar-refractivity contribution in [2.45, 2.75) is 33.0 Å². The Balaban J connectivity index is 2.86. The molecule has 120 valence electrons. The number of benzene rings is 1. The van der Waals surface area contributed by atoms with Crippen LogP contribution in [-0.2, 0) is 12.7 Å². The third kappa shape index (κ3) is 6.29. The van der Waals surface area contributed by atoms with Gasteiger partial charge in [0.15, 0.2) is 0 Å². The minimum Gasteiger partial charge on any atom is -0.487 e. The van der Waals surface area contributed by atoms with Crippen molar-refractivity contribution >= 4 is 0 Å². The molecule has 21 heavy (non-hydrogen) atoms. The fourth-order valence-corrected chi connectivity index (χ4v) is 1.69. The van der Waals surface area contributed by atoms with Gasteiger partial charge in [0, 0.05) is 6.54 Å². The largest absolute Gasteiger partial charge is 0.487 e. The Bertz CT molecular complexity index is 445. The lowest BCUT2D eigenvalue weighted by molar-refractivity contribution is -0.139. The second-order valence-electron chi connectivity index (χ2n) is 5.06. The predicted molar refractivity (Wildman–Crippen MR) is 69.5 cm³/mol. The molecular formula is C14H18F5NO. The van der Waals surface area contributed by atoms with E-state index in [0.717, 1.165) is 12.1 Å². The second-order valence-corrected chi connectivity index (χ2v) is 5.06. The van der Waals surface area contributed by atoms with E-state index in [1.54, 1.807) is 0 Å². The van der Waals surface area contributed by atoms with Crippen molar-refractivity contribution in [1.82, 2.24) is 5.32 Å². The van der Waals surface area contributed by atoms with Crippen LogP contribution in [0.25, 0.3) is 0 Å². The zero-order valence-corrected chi connectivity index (χ0v) is 11.8. The number of halogens is 5. The fraction of sp³-hybridized carbons (Fsp3) is 0.571. The highest BCUT2D eigenvalue weighted by atomic mass is 19.4. The monoisotopic (exact) mass is 311 g/mol. The summed E-state index contributed by atoms with van der Waals surface area (Å²) in [7, 11) is 0. The van der Waals surface area contributed by atoms with Crippen molar-refractivity contribution in [2.75, 3.05) is 13.2 Å². The van der Waals surface area contributed by atoms with Crippen LogP contribution in [0.1, 0.15) is 25.0 Å². The molecule has 0 saturated carbocycles. The average Bonchev–Trinajstić information content (AvgIpc) is 2.35. The molecule has 0 aromatic heterocycles. The maximum atomic E-state index is 12.9. The third-order valence-corrected chi connectivity index (χ3v) is 2.60. The molecule has 0 unspecified atom stereocenters. The van der Waals surface area contributed by atoms with E-state index in [-0.39, 0.29) is 6.54 Å². The first-order valence-corrected chi connectivity index (χ1v) is 6.52. The number of hydrogen-bond acceptors (Lipinski definition) is 2. The molecule has 1 aromatic carbocycles. The summed E-state index contributed by atoms with van der Waals surface area (Å²) in [5.74, 6) is -0.198. The van der Waals surface area contributed by atoms with Gasteiger partial charge in [0.05, 0.1) is 5.56 Å². The molecule has 0 amide bonds. The second kappa shape index (κ2) is 7.59. The third-order valence-electron chi connectivity index (χ3n) is 2.60. The van der Waals surface area contributed by atoms with Crippen LogP contribution in [0.5, 0.6) is 5.75 Å². The van der Waals surface area contributed by atoms with E-state index in [0.29, 0.717) is 18.0 Å². The average molecular weight is 311 g/mol. The smallest absolute Gasteiger partial charge is 0.419 e. The normalized spacial score (nSPS) is 12.2. The minimum absolute atomic E-state index is 0.274. The number of rotatable bonds is 7. The lowest BCUT2D eigenvalue weighted by Gasteiger charge is -2.16. The maximum Gasteiger partial charge on any atom is 0.419 e. The molecular weight excluding hydrogens is 293 g/mol. The molecule has 0 atom stereocenters. The van der Waals surface area contributed by atoms with Crippen molar-refractivity contribution in [3.05, 3.63) is 29.3 Å². The van der Waals surface area contributed by atoms with Gasteiger partial charge in [-0.1, -0.05) is 19.9 Å². The van der Waals surface area contributed by atoms with Gasteiger partial charge in [0.2, 0.25) is 0 Å². The van der Waals surface area contributed by atoms with Gasteiger partial charge in [-0.2, -0.15) is 13.2 Å². The Kier molecular flexibility index (Phi) is 6.39. The fourth-order valence-electron chi connectivity index (χ4n) is 1.69. The van der Waals surface area contributed by atoms with Crippen LogP contribution in [0.4, 0.5) is 22.0 Å². The standard InChI is InChI=1S/C14H18F5NO/c1-9(2)6-20-7-10-3-4-12(21-8-13(15)16)11(5-10)14(17,18)19/h3-5,9,13,20H,6-8H2,1-2H3. The summed E-state index contributed by atoms with van der Waals surface area (Å²) in [5.41, 5.74) is -0.612. The first-order valence-electron chi connectivity index (χ1n) is 6.52. The van der Waals surface area contributed by atoms with Gasteiger partial charge >= 0.3 is 6.18 Å². The van der Waals surface area contributed by atoms with E-state index in [4.69, 9.17) is 0 Å². The molecule has 0 radical (unpaired) electrons. The number of ether oxygens (including phenoxy) is 1. The Morgan fingerprint density at radius 2 is 1.86 bits per heavy atom. The SMILES string of the molecule is CC(C)CNCc1ccc(OCC(F)F)c(C(F)(F)F)c1. The first kappa shape index (κ1) is 17.7. The van der Waals surface area contributed by atoms with Gasteiger partial charge in [0.25, 0.3) is 6.43 Å². The molecule has 0 aliphatic heterocycles. The van der Waals surface area contributed by atoms with Gasteiger partial charge in [0.1, 0.15) is 12.4 Å². The van der Waals surface area contributed by atoms with Crippen LogP contribution in [-0.4, -0.2) is 19.6 Å². The highest BCUT2D eigenvalue weighted by molar-refractivity contribution is 5.39. The summed E-state index contributed by atoms with van der Waals surface area (Å²) in [4.78, 5) is 0. The number of nitrogens with one attached hydrogen (secondary N) is 1. The molecule has 1 rings (SSSR count). The molecule has 0 spiro atoms. The van der Waals surface area contributed by atoms with Crippen LogP contribution in [0.2, 0.25) is 0 Å². The summed E-state index contributed by atoms with van der Waals surface area (Å²) in [6, 6.07) is 3.44. The number of alkyl halides is 5. The molecule has 1 N–H and O–H groups in total. The quantitative estimate of drug-likeness (QED) is 0.766. The van der Waals surface area contributed by atoms with Gasteiger partial charge in [-0.25, -0.2) is 8.78 Å². The van der Waals surface area contributed by atoms with E-state index in [1.165, 1.54) is 6.07 Å². The van der Waals surface area contributed by atoms with Crippen molar-refractivity contribution in [3.8, 4) is 5.75 Å². The van der Waals surface area contributed by atoms with Crippen molar-refractivity contribution in [2.24, 2.45) is 5.92 Å². The van der Waals surface area contributed by atoms with Gasteiger partial charge in [-0.15, -0.1) is 0 Å². The highest BCUT2D eigenvalue weighted by Gasteiger charge is 2.34. The van der Waals surface area contributed by atoms with E-state index < -0.39 is 30.5 Å². The summed E-state index contributed by atoms with van der Waals surface area (Å²) >= 11 is 0. The minimum atomic E-state index is -4.65. The summed E-state index contributed by atoms with van der Waals surface area (Å²) < 4.78 is 67.4. The molecule has 0 aliphatic carbocycles. The molecule has 0 fully saturated rings. The summed E-state index contributed by atoms with van der Waals surface area (Å²) in [6.45, 7) is 3.85. The Morgan fingerprint density at radius 1 is 1.19 bits per heavy atom. The van der Waals surface area contributed by atoms with Crippen molar-refractivity contribution in [3.63, 3.8) is 0 Å². The molecule has 2 nitrogen and oxygen atoms in total. The van der Waals surface area contributed by atoms with Crippen LogP contribution < -0.4 is 10.1 Å². The molecule has 0 aliphatic rings. The highest BCUT2D eigenvalue weighted by Crippen LogP contribution is 2.37. The Hall–Kier alpha value is -1.37. The predicted octanol–water partition coefficient (Wildman–Crippen LogP) is 4.09. The topological polar surface area (TPSA) is 21.3 Å². The lowest BCUT2D eigenvalue weighted by atomic mass is 10.1. The molecule has 1 aromatic rings. The van der Waals surface area contributed by atoms with E-state index >= 15 is 0 Å². The number of hydrogen-bond donors (Lipinski definition) is 1. The van der Waals surface area contributed by atoms with E-state index in [1.807, 2.05) is 13.8 Å². The van der Waals surface area contributed by atoms with E-state index in [9.17, 15) is 22.0 Å². The Labute approximate surface area is 120 Å². The molecule has 0 heterocycles. The summed E-state index contributed by atoms with van der Waals surface area (Å²) in [5, 5.41) is 3.02. The van der Waals surface area contributed by atoms with E-state index in [2.05, 4.69) is 10.1 Å². The molecule has 0 saturated heterocycles. The van der Waals surface area contributed by atoms with Crippen LogP contribution in [0.3, 0.4) is 0 Å². The van der Waals surface area contributed by atoms with Gasteiger partial charge in [-0.3, -0.25) is 0 Å². The molecule has 7 heteroatoms. The van der Waals surface area contributed by atoms with Gasteiger partial charge < -0.3 is 10.1 Å². The van der Waals surface area contributed by atoms with Crippen LogP contribution in [0.15, 0.2) is 18.2 Å². The van der Waals surface area contributed by atoms with Crippen molar-refractivity contribution < 1.29 is 26.7 Å². The van der Waals surface area contributed by atoms with Crippen LogP contribution in [0, 0.1) is 5.92 Å². The van der Waals surface area contributed by atoms with Gasteiger partial charge in [-0.05, 0) is 30.2 Å². The zero-order chi connectivity index (χ0) is 16.0. The maximum absolute atomic E-state index is 12.9.